The summed E-state index contributed by atoms with van der Waals surface area (Å²) in [6.07, 6.45) is 0. The first-order valence-electron chi connectivity index (χ1n) is 8.10. The van der Waals surface area contributed by atoms with Crippen molar-refractivity contribution in [2.45, 2.75) is 5.92 Å². The van der Waals surface area contributed by atoms with Crippen LogP contribution in [0, 0.1) is 11.3 Å². The van der Waals surface area contributed by atoms with Crippen LogP contribution < -0.4 is 15.2 Å². The number of aromatic hydroxyl groups is 1. The van der Waals surface area contributed by atoms with Gasteiger partial charge in [-0.3, -0.25) is 0 Å². The molecule has 5 nitrogen and oxygen atoms in total. The Morgan fingerprint density at radius 3 is 2.73 bits per heavy atom. The largest absolute Gasteiger partial charge is 0.504 e. The maximum Gasteiger partial charge on any atom is 0.205 e. The van der Waals surface area contributed by atoms with Crippen molar-refractivity contribution in [1.29, 1.82) is 5.26 Å². The Morgan fingerprint density at radius 2 is 1.96 bits per heavy atom. The highest BCUT2D eigenvalue weighted by molar-refractivity contribution is 5.90. The zero-order valence-corrected chi connectivity index (χ0v) is 14.1. The molecule has 0 saturated heterocycles. The van der Waals surface area contributed by atoms with Gasteiger partial charge in [0, 0.05) is 5.56 Å². The predicted molar refractivity (Wildman–Crippen MR) is 97.9 cm³/mol. The van der Waals surface area contributed by atoms with Crippen molar-refractivity contribution in [3.8, 4) is 23.3 Å². The van der Waals surface area contributed by atoms with Gasteiger partial charge in [0.1, 0.15) is 17.4 Å². The van der Waals surface area contributed by atoms with Gasteiger partial charge in [0.15, 0.2) is 11.5 Å². The van der Waals surface area contributed by atoms with Crippen LogP contribution in [-0.2, 0) is 0 Å². The third kappa shape index (κ3) is 2.32. The normalized spacial score (nSPS) is 15.9. The number of rotatable bonds is 2. The van der Waals surface area contributed by atoms with E-state index in [-0.39, 0.29) is 11.6 Å². The molecule has 0 aliphatic carbocycles. The van der Waals surface area contributed by atoms with Crippen molar-refractivity contribution >= 4 is 10.8 Å². The van der Waals surface area contributed by atoms with Crippen molar-refractivity contribution in [3.05, 3.63) is 77.2 Å². The Hall–Kier alpha value is -3.65. The molecular formula is C21H16N2O3. The van der Waals surface area contributed by atoms with E-state index >= 15 is 0 Å². The second-order valence-electron chi connectivity index (χ2n) is 6.05. The Labute approximate surface area is 150 Å². The summed E-state index contributed by atoms with van der Waals surface area (Å²) in [7, 11) is 1.49. The van der Waals surface area contributed by atoms with Crippen LogP contribution in [-0.4, -0.2) is 12.2 Å². The lowest BCUT2D eigenvalue weighted by Crippen LogP contribution is -2.21. The monoisotopic (exact) mass is 344 g/mol. The topological polar surface area (TPSA) is 88.5 Å². The number of benzene rings is 3. The van der Waals surface area contributed by atoms with Crippen LogP contribution in [0.25, 0.3) is 10.8 Å². The van der Waals surface area contributed by atoms with E-state index in [1.54, 1.807) is 18.2 Å². The number of hydrogen-bond donors (Lipinski definition) is 2. The van der Waals surface area contributed by atoms with E-state index in [1.165, 1.54) is 7.11 Å². The first-order valence-corrected chi connectivity index (χ1v) is 8.10. The summed E-state index contributed by atoms with van der Waals surface area (Å²) in [5.41, 5.74) is 8.03. The maximum absolute atomic E-state index is 9.92. The van der Waals surface area contributed by atoms with E-state index in [0.29, 0.717) is 17.1 Å². The van der Waals surface area contributed by atoms with E-state index in [9.17, 15) is 10.4 Å². The highest BCUT2D eigenvalue weighted by atomic mass is 16.5. The number of nitriles is 1. The quantitative estimate of drug-likeness (QED) is 0.739. The molecule has 4 rings (SSSR count). The maximum atomic E-state index is 9.92. The number of allylic oxidation sites excluding steroid dienone is 1. The Bertz CT molecular complexity index is 1100. The zero-order chi connectivity index (χ0) is 18.3. The predicted octanol–water partition coefficient (Wildman–Crippen LogP) is 3.77. The van der Waals surface area contributed by atoms with Gasteiger partial charge in [-0.15, -0.1) is 0 Å². The molecule has 3 aromatic carbocycles. The fraction of sp³-hybridized carbons (Fsp3) is 0.0952. The Balaban J connectivity index is 2.04. The SMILES string of the molecule is COc1cc(C2C(C#N)=C(N)Oc3ccc4ccccc4c32)ccc1O. The molecule has 5 heteroatoms. The van der Waals surface area contributed by atoms with Gasteiger partial charge in [0.25, 0.3) is 0 Å². The number of fused-ring (bicyclic) bond motifs is 3. The molecule has 1 aliphatic heterocycles. The van der Waals surface area contributed by atoms with Gasteiger partial charge in [-0.05, 0) is 34.5 Å². The van der Waals surface area contributed by atoms with Crippen LogP contribution >= 0.6 is 0 Å². The molecule has 0 radical (unpaired) electrons. The summed E-state index contributed by atoms with van der Waals surface area (Å²) >= 11 is 0. The third-order valence-corrected chi connectivity index (χ3v) is 4.65. The molecule has 1 unspecified atom stereocenters. The first kappa shape index (κ1) is 15.9. The van der Waals surface area contributed by atoms with Gasteiger partial charge < -0.3 is 20.3 Å². The Morgan fingerprint density at radius 1 is 1.15 bits per heavy atom. The summed E-state index contributed by atoms with van der Waals surface area (Å²) in [4.78, 5) is 0. The average Bonchev–Trinajstić information content (AvgIpc) is 2.67. The number of ether oxygens (including phenoxy) is 2. The summed E-state index contributed by atoms with van der Waals surface area (Å²) < 4.78 is 11.0. The van der Waals surface area contributed by atoms with E-state index in [4.69, 9.17) is 15.2 Å². The molecule has 0 aromatic heterocycles. The molecule has 3 aromatic rings. The highest BCUT2D eigenvalue weighted by Crippen LogP contribution is 2.46. The van der Waals surface area contributed by atoms with E-state index < -0.39 is 5.92 Å². The molecule has 128 valence electrons. The van der Waals surface area contributed by atoms with Gasteiger partial charge in [-0.25, -0.2) is 0 Å². The number of hydrogen-bond acceptors (Lipinski definition) is 5. The molecular weight excluding hydrogens is 328 g/mol. The fourth-order valence-electron chi connectivity index (χ4n) is 3.45. The van der Waals surface area contributed by atoms with Crippen molar-refractivity contribution in [2.75, 3.05) is 7.11 Å². The number of methoxy groups -OCH3 is 1. The van der Waals surface area contributed by atoms with Crippen molar-refractivity contribution in [1.82, 2.24) is 0 Å². The van der Waals surface area contributed by atoms with Crippen molar-refractivity contribution in [2.24, 2.45) is 5.73 Å². The van der Waals surface area contributed by atoms with Crippen LogP contribution in [0.15, 0.2) is 66.1 Å². The van der Waals surface area contributed by atoms with Gasteiger partial charge in [-0.2, -0.15) is 5.26 Å². The van der Waals surface area contributed by atoms with Crippen LogP contribution in [0.2, 0.25) is 0 Å². The summed E-state index contributed by atoms with van der Waals surface area (Å²) in [5.74, 6) is 0.678. The number of phenolic OH excluding ortho intramolecular Hbond substituents is 1. The summed E-state index contributed by atoms with van der Waals surface area (Å²) in [6.45, 7) is 0. The standard InChI is InChI=1S/C21H16N2O3/c1-25-18-10-13(6-8-16(18)24)19-15(11-22)21(23)26-17-9-7-12-4-2-3-5-14(12)20(17)19/h2-10,19,24H,23H2,1H3. The Kier molecular flexibility index (Phi) is 3.67. The molecule has 1 heterocycles. The summed E-state index contributed by atoms with van der Waals surface area (Å²) in [6, 6.07) is 19.0. The van der Waals surface area contributed by atoms with Crippen molar-refractivity contribution in [3.63, 3.8) is 0 Å². The molecule has 3 N–H and O–H groups in total. The molecule has 0 fully saturated rings. The lowest BCUT2D eigenvalue weighted by Gasteiger charge is -2.28. The number of phenols is 1. The number of nitrogens with two attached hydrogens (primary N) is 1. The molecule has 0 bridgehead atoms. The smallest absolute Gasteiger partial charge is 0.205 e. The highest BCUT2D eigenvalue weighted by Gasteiger charge is 2.32. The molecule has 0 spiro atoms. The zero-order valence-electron chi connectivity index (χ0n) is 14.1. The number of nitrogens with zero attached hydrogens (tertiary/aromatic N) is 1. The molecule has 0 amide bonds. The molecule has 26 heavy (non-hydrogen) atoms. The van der Waals surface area contributed by atoms with Crippen LogP contribution in [0.3, 0.4) is 0 Å². The fourth-order valence-corrected chi connectivity index (χ4v) is 3.45. The average molecular weight is 344 g/mol. The molecule has 1 aliphatic rings. The minimum Gasteiger partial charge on any atom is -0.504 e. The van der Waals surface area contributed by atoms with Crippen LogP contribution in [0.5, 0.6) is 17.2 Å². The minimum atomic E-state index is -0.413. The van der Waals surface area contributed by atoms with E-state index in [1.807, 2.05) is 36.4 Å². The van der Waals surface area contributed by atoms with E-state index in [2.05, 4.69) is 6.07 Å². The van der Waals surface area contributed by atoms with Gasteiger partial charge in [0.05, 0.1) is 13.0 Å². The second-order valence-corrected chi connectivity index (χ2v) is 6.05. The van der Waals surface area contributed by atoms with Crippen LogP contribution in [0.4, 0.5) is 0 Å². The molecule has 0 saturated carbocycles. The lowest BCUT2D eigenvalue weighted by atomic mass is 9.81. The molecule has 1 atom stereocenters. The summed E-state index contributed by atoms with van der Waals surface area (Å²) in [5, 5.41) is 21.7. The lowest BCUT2D eigenvalue weighted by molar-refractivity contribution is 0.372. The van der Waals surface area contributed by atoms with Gasteiger partial charge in [0.2, 0.25) is 5.88 Å². The van der Waals surface area contributed by atoms with Gasteiger partial charge in [-0.1, -0.05) is 36.4 Å². The van der Waals surface area contributed by atoms with Gasteiger partial charge >= 0.3 is 0 Å². The second kappa shape index (κ2) is 6.01. The van der Waals surface area contributed by atoms with Crippen LogP contribution in [0.1, 0.15) is 17.0 Å². The minimum absolute atomic E-state index is 0.0388. The van der Waals surface area contributed by atoms with Crippen molar-refractivity contribution < 1.29 is 14.6 Å². The third-order valence-electron chi connectivity index (χ3n) is 4.65. The first-order chi connectivity index (χ1) is 12.6. The van der Waals surface area contributed by atoms with E-state index in [0.717, 1.165) is 21.9 Å².